The molecular formula is C22H19F2N3O. The second-order valence-electron chi connectivity index (χ2n) is 6.75. The highest BCUT2D eigenvalue weighted by Crippen LogP contribution is 2.43. The summed E-state index contributed by atoms with van der Waals surface area (Å²) in [6.07, 6.45) is 0.736. The van der Waals surface area contributed by atoms with E-state index >= 15 is 4.39 Å². The van der Waals surface area contributed by atoms with Gasteiger partial charge in [0.25, 0.3) is 0 Å². The zero-order valence-electron chi connectivity index (χ0n) is 15.5. The standard InChI is InChI=1S/C22H19F2N3O/c1-3-4-13(2)16-5-6-19(18(12-26)21(16)24)27-8-7-20(28)17-10-15(23)9-14(11-25)22(17)27/h5-6,9-10,20,28H,2-4,7-8H2,1H3. The summed E-state index contributed by atoms with van der Waals surface area (Å²) in [4.78, 5) is 1.61. The van der Waals surface area contributed by atoms with Gasteiger partial charge in [-0.1, -0.05) is 19.9 Å². The summed E-state index contributed by atoms with van der Waals surface area (Å²) in [5.74, 6) is -1.29. The summed E-state index contributed by atoms with van der Waals surface area (Å²) in [7, 11) is 0. The first kappa shape index (κ1) is 19.5. The first-order valence-corrected chi connectivity index (χ1v) is 9.02. The number of fused-ring (bicyclic) bond motifs is 1. The Bertz CT molecular complexity index is 1030. The van der Waals surface area contributed by atoms with Gasteiger partial charge in [0.15, 0.2) is 5.82 Å². The molecule has 28 heavy (non-hydrogen) atoms. The van der Waals surface area contributed by atoms with Crippen LogP contribution in [0.2, 0.25) is 0 Å². The van der Waals surface area contributed by atoms with E-state index in [9.17, 15) is 20.0 Å². The van der Waals surface area contributed by atoms with Crippen molar-refractivity contribution in [1.82, 2.24) is 0 Å². The summed E-state index contributed by atoms with van der Waals surface area (Å²) in [5.41, 5.74) is 1.61. The van der Waals surface area contributed by atoms with Gasteiger partial charge >= 0.3 is 0 Å². The smallest absolute Gasteiger partial charge is 0.150 e. The Balaban J connectivity index is 2.20. The van der Waals surface area contributed by atoms with Crippen LogP contribution < -0.4 is 4.90 Å². The third kappa shape index (κ3) is 3.24. The molecule has 3 rings (SSSR count). The quantitative estimate of drug-likeness (QED) is 0.803. The molecule has 0 aromatic heterocycles. The van der Waals surface area contributed by atoms with Gasteiger partial charge in [0, 0.05) is 17.7 Å². The van der Waals surface area contributed by atoms with E-state index in [2.05, 4.69) is 6.58 Å². The van der Waals surface area contributed by atoms with Gasteiger partial charge in [-0.3, -0.25) is 0 Å². The lowest BCUT2D eigenvalue weighted by Gasteiger charge is -2.35. The molecule has 0 amide bonds. The van der Waals surface area contributed by atoms with Crippen molar-refractivity contribution in [3.63, 3.8) is 0 Å². The predicted octanol–water partition coefficient (Wildman–Crippen LogP) is 5.10. The van der Waals surface area contributed by atoms with Crippen molar-refractivity contribution < 1.29 is 13.9 Å². The third-order valence-electron chi connectivity index (χ3n) is 4.93. The average Bonchev–Trinajstić information content (AvgIpc) is 2.68. The molecular weight excluding hydrogens is 360 g/mol. The summed E-state index contributed by atoms with van der Waals surface area (Å²) in [6, 6.07) is 9.28. The van der Waals surface area contributed by atoms with Crippen LogP contribution in [0.5, 0.6) is 0 Å². The number of aliphatic hydroxyl groups is 1. The largest absolute Gasteiger partial charge is 0.388 e. The van der Waals surface area contributed by atoms with Crippen LogP contribution >= 0.6 is 0 Å². The Morgan fingerprint density at radius 1 is 1.29 bits per heavy atom. The minimum Gasteiger partial charge on any atom is -0.388 e. The van der Waals surface area contributed by atoms with E-state index in [0.29, 0.717) is 23.2 Å². The fourth-order valence-corrected chi connectivity index (χ4v) is 3.63. The van der Waals surface area contributed by atoms with Crippen molar-refractivity contribution in [1.29, 1.82) is 10.5 Å². The van der Waals surface area contributed by atoms with Crippen molar-refractivity contribution in [2.75, 3.05) is 11.4 Å². The fourth-order valence-electron chi connectivity index (χ4n) is 3.63. The van der Waals surface area contributed by atoms with Gasteiger partial charge in [-0.15, -0.1) is 0 Å². The van der Waals surface area contributed by atoms with Crippen LogP contribution in [0.1, 0.15) is 54.5 Å². The molecule has 142 valence electrons. The van der Waals surface area contributed by atoms with Crippen molar-refractivity contribution in [2.24, 2.45) is 0 Å². The van der Waals surface area contributed by atoms with Crippen LogP contribution in [-0.4, -0.2) is 11.7 Å². The molecule has 0 spiro atoms. The normalized spacial score (nSPS) is 15.5. The highest BCUT2D eigenvalue weighted by atomic mass is 19.1. The molecule has 2 aromatic carbocycles. The molecule has 1 heterocycles. The first-order valence-electron chi connectivity index (χ1n) is 9.02. The molecule has 0 aliphatic carbocycles. The highest BCUT2D eigenvalue weighted by Gasteiger charge is 2.30. The van der Waals surface area contributed by atoms with Crippen LogP contribution in [0.4, 0.5) is 20.2 Å². The molecule has 1 aliphatic heterocycles. The van der Waals surface area contributed by atoms with Gasteiger partial charge in [-0.05, 0) is 42.7 Å². The van der Waals surface area contributed by atoms with Gasteiger partial charge in [0.2, 0.25) is 0 Å². The summed E-state index contributed by atoms with van der Waals surface area (Å²) < 4.78 is 28.9. The van der Waals surface area contributed by atoms with Crippen molar-refractivity contribution in [3.05, 3.63) is 64.7 Å². The van der Waals surface area contributed by atoms with Crippen molar-refractivity contribution >= 4 is 16.9 Å². The van der Waals surface area contributed by atoms with Gasteiger partial charge in [0.1, 0.15) is 23.5 Å². The lowest BCUT2D eigenvalue weighted by atomic mass is 9.93. The second kappa shape index (κ2) is 7.80. The van der Waals surface area contributed by atoms with Crippen LogP contribution in [-0.2, 0) is 0 Å². The van der Waals surface area contributed by atoms with Crippen molar-refractivity contribution in [2.45, 2.75) is 32.3 Å². The molecule has 0 fully saturated rings. The Morgan fingerprint density at radius 3 is 2.68 bits per heavy atom. The van der Waals surface area contributed by atoms with E-state index in [-0.39, 0.29) is 35.3 Å². The number of rotatable bonds is 4. The number of nitriles is 2. The number of hydrogen-bond donors (Lipinski definition) is 1. The number of allylic oxidation sites excluding steroid dienone is 1. The fraction of sp³-hybridized carbons (Fsp3) is 0.273. The van der Waals surface area contributed by atoms with Gasteiger partial charge in [-0.2, -0.15) is 10.5 Å². The molecule has 1 atom stereocenters. The number of nitrogens with zero attached hydrogens (tertiary/aromatic N) is 3. The van der Waals surface area contributed by atoms with E-state index in [1.807, 2.05) is 19.1 Å². The van der Waals surface area contributed by atoms with Crippen LogP contribution in [0.15, 0.2) is 30.8 Å². The summed E-state index contributed by atoms with van der Waals surface area (Å²) >= 11 is 0. The zero-order chi connectivity index (χ0) is 20.4. The van der Waals surface area contributed by atoms with Gasteiger partial charge in [-0.25, -0.2) is 8.78 Å². The average molecular weight is 379 g/mol. The van der Waals surface area contributed by atoms with Gasteiger partial charge in [0.05, 0.1) is 23.0 Å². The predicted molar refractivity (Wildman–Crippen MR) is 103 cm³/mol. The first-order chi connectivity index (χ1) is 13.4. The Kier molecular flexibility index (Phi) is 5.44. The summed E-state index contributed by atoms with van der Waals surface area (Å²) in [6.45, 7) is 6.12. The second-order valence-corrected chi connectivity index (χ2v) is 6.75. The Hall–Kier alpha value is -3.22. The van der Waals surface area contributed by atoms with Crippen LogP contribution in [0, 0.1) is 34.3 Å². The molecule has 0 bridgehead atoms. The SMILES string of the molecule is C=C(CCC)c1ccc(N2CCC(O)c3cc(F)cc(C#N)c32)c(C#N)c1F. The number of benzene rings is 2. The molecule has 4 nitrogen and oxygen atoms in total. The number of halogens is 2. The number of anilines is 2. The minimum atomic E-state index is -0.937. The third-order valence-corrected chi connectivity index (χ3v) is 4.93. The zero-order valence-corrected chi connectivity index (χ0v) is 15.5. The maximum absolute atomic E-state index is 15.1. The lowest BCUT2D eigenvalue weighted by molar-refractivity contribution is 0.165. The molecule has 0 saturated heterocycles. The van der Waals surface area contributed by atoms with E-state index in [0.717, 1.165) is 12.5 Å². The highest BCUT2D eigenvalue weighted by molar-refractivity contribution is 5.79. The molecule has 0 radical (unpaired) electrons. The lowest BCUT2D eigenvalue weighted by Crippen LogP contribution is -2.29. The maximum Gasteiger partial charge on any atom is 0.150 e. The topological polar surface area (TPSA) is 71.0 Å². The number of aliphatic hydroxyl groups excluding tert-OH is 1. The van der Waals surface area contributed by atoms with Crippen molar-refractivity contribution in [3.8, 4) is 12.1 Å². The molecule has 1 N–H and O–H groups in total. The Labute approximate surface area is 162 Å². The van der Waals surface area contributed by atoms with Gasteiger partial charge < -0.3 is 10.0 Å². The molecule has 1 unspecified atom stereocenters. The van der Waals surface area contributed by atoms with Crippen LogP contribution in [0.3, 0.4) is 0 Å². The van der Waals surface area contributed by atoms with E-state index < -0.39 is 17.7 Å². The summed E-state index contributed by atoms with van der Waals surface area (Å²) in [5, 5.41) is 29.3. The molecule has 1 aliphatic rings. The number of hydrogen-bond acceptors (Lipinski definition) is 4. The molecule has 2 aromatic rings. The van der Waals surface area contributed by atoms with E-state index in [1.54, 1.807) is 17.0 Å². The van der Waals surface area contributed by atoms with Crippen LogP contribution in [0.25, 0.3) is 5.57 Å². The monoisotopic (exact) mass is 379 g/mol. The maximum atomic E-state index is 15.1. The molecule has 6 heteroatoms. The van der Waals surface area contributed by atoms with E-state index in [1.165, 1.54) is 6.07 Å². The molecule has 0 saturated carbocycles. The minimum absolute atomic E-state index is 0.0255. The van der Waals surface area contributed by atoms with E-state index in [4.69, 9.17) is 0 Å². The Morgan fingerprint density at radius 2 is 2.04 bits per heavy atom.